The van der Waals surface area contributed by atoms with Crippen LogP contribution in [0.25, 0.3) is 0 Å². The maximum Gasteiger partial charge on any atom is 0.222 e. The van der Waals surface area contributed by atoms with Crippen molar-refractivity contribution in [3.63, 3.8) is 0 Å². The Hall–Kier alpha value is -0.915. The van der Waals surface area contributed by atoms with Crippen molar-refractivity contribution in [1.29, 1.82) is 0 Å². The van der Waals surface area contributed by atoms with Crippen LogP contribution in [-0.4, -0.2) is 7.98 Å². The maximum absolute atomic E-state index is 5.10. The summed E-state index contributed by atoms with van der Waals surface area (Å²) in [5, 5.41) is 2.53. The zero-order valence-corrected chi connectivity index (χ0v) is 6.46. The van der Waals surface area contributed by atoms with Crippen LogP contribution >= 0.6 is 0 Å². The van der Waals surface area contributed by atoms with E-state index in [0.717, 1.165) is 5.69 Å². The Balaban J connectivity index is 0.000000371. The highest BCUT2D eigenvalue weighted by atomic mass is 14.7. The van der Waals surface area contributed by atoms with Crippen LogP contribution in [0.4, 0.5) is 5.69 Å². The van der Waals surface area contributed by atoms with Crippen LogP contribution in [0.15, 0.2) is 30.3 Å². The third-order valence-corrected chi connectivity index (χ3v) is 0.940. The standard InChI is InChI=1S/C6H6BN.C2H6/c7-8-6-4-2-1-3-5-6;1-2/h1-5,8H;1-2H3. The summed E-state index contributed by atoms with van der Waals surface area (Å²) >= 11 is 0. The van der Waals surface area contributed by atoms with Crippen LogP contribution in [0.5, 0.6) is 0 Å². The number of anilines is 1. The predicted octanol–water partition coefficient (Wildman–Crippen LogP) is 2.21. The molecular formula is C8H12BN. The molecule has 1 aromatic rings. The summed E-state index contributed by atoms with van der Waals surface area (Å²) in [6, 6.07) is 9.60. The zero-order valence-electron chi connectivity index (χ0n) is 6.46. The summed E-state index contributed by atoms with van der Waals surface area (Å²) in [6.07, 6.45) is 0. The fourth-order valence-electron chi connectivity index (χ4n) is 0.534. The second-order valence-corrected chi connectivity index (χ2v) is 1.51. The van der Waals surface area contributed by atoms with E-state index in [0.29, 0.717) is 0 Å². The summed E-state index contributed by atoms with van der Waals surface area (Å²) in [5.74, 6) is 0. The molecule has 2 radical (unpaired) electrons. The van der Waals surface area contributed by atoms with Gasteiger partial charge in [0.2, 0.25) is 7.98 Å². The van der Waals surface area contributed by atoms with E-state index >= 15 is 0 Å². The van der Waals surface area contributed by atoms with Crippen LogP contribution in [0.2, 0.25) is 0 Å². The van der Waals surface area contributed by atoms with E-state index in [1.807, 2.05) is 44.2 Å². The van der Waals surface area contributed by atoms with Gasteiger partial charge in [-0.05, 0) is 12.1 Å². The summed E-state index contributed by atoms with van der Waals surface area (Å²) in [4.78, 5) is 0. The monoisotopic (exact) mass is 133 g/mol. The van der Waals surface area contributed by atoms with Crippen LogP contribution in [0.3, 0.4) is 0 Å². The molecule has 10 heavy (non-hydrogen) atoms. The van der Waals surface area contributed by atoms with Crippen molar-refractivity contribution in [2.75, 3.05) is 5.23 Å². The van der Waals surface area contributed by atoms with E-state index in [-0.39, 0.29) is 0 Å². The largest absolute Gasteiger partial charge is 0.437 e. The third kappa shape index (κ3) is 3.18. The molecule has 2 heteroatoms. The highest BCUT2D eigenvalue weighted by Crippen LogP contribution is 2.01. The predicted molar refractivity (Wildman–Crippen MR) is 47.2 cm³/mol. The molecule has 1 N–H and O–H groups in total. The summed E-state index contributed by atoms with van der Waals surface area (Å²) in [6.45, 7) is 4.00. The van der Waals surface area contributed by atoms with Gasteiger partial charge in [0.05, 0.1) is 0 Å². The van der Waals surface area contributed by atoms with Gasteiger partial charge in [-0.1, -0.05) is 32.0 Å². The molecule has 0 aromatic heterocycles. The van der Waals surface area contributed by atoms with Crippen molar-refractivity contribution in [2.24, 2.45) is 0 Å². The zero-order chi connectivity index (χ0) is 7.82. The first-order valence-corrected chi connectivity index (χ1v) is 3.45. The minimum atomic E-state index is 0.938. The Kier molecular flexibility index (Phi) is 5.64. The van der Waals surface area contributed by atoms with Crippen molar-refractivity contribution in [2.45, 2.75) is 13.8 Å². The van der Waals surface area contributed by atoms with E-state index in [9.17, 15) is 0 Å². The molecule has 0 aliphatic carbocycles. The maximum atomic E-state index is 5.10. The lowest BCUT2D eigenvalue weighted by Gasteiger charge is -1.94. The molecule has 0 bridgehead atoms. The van der Waals surface area contributed by atoms with Gasteiger partial charge in [0.25, 0.3) is 0 Å². The number of hydrogen-bond acceptors (Lipinski definition) is 1. The Morgan fingerprint density at radius 1 is 1.10 bits per heavy atom. The van der Waals surface area contributed by atoms with Crippen molar-refractivity contribution in [1.82, 2.24) is 0 Å². The third-order valence-electron chi connectivity index (χ3n) is 0.940. The van der Waals surface area contributed by atoms with Gasteiger partial charge in [0, 0.05) is 5.69 Å². The number of para-hydroxylation sites is 1. The van der Waals surface area contributed by atoms with E-state index in [1.54, 1.807) is 0 Å². The molecule has 1 rings (SSSR count). The van der Waals surface area contributed by atoms with Gasteiger partial charge in [-0.25, -0.2) is 0 Å². The Bertz CT molecular complexity index is 151. The summed E-state index contributed by atoms with van der Waals surface area (Å²) < 4.78 is 0. The lowest BCUT2D eigenvalue weighted by Crippen LogP contribution is -1.87. The Morgan fingerprint density at radius 2 is 1.60 bits per heavy atom. The van der Waals surface area contributed by atoms with Gasteiger partial charge >= 0.3 is 0 Å². The van der Waals surface area contributed by atoms with Crippen LogP contribution in [-0.2, 0) is 0 Å². The quantitative estimate of drug-likeness (QED) is 0.579. The van der Waals surface area contributed by atoms with Gasteiger partial charge in [0.1, 0.15) is 0 Å². The molecule has 0 saturated carbocycles. The van der Waals surface area contributed by atoms with E-state index in [4.69, 9.17) is 7.98 Å². The summed E-state index contributed by atoms with van der Waals surface area (Å²) in [7, 11) is 5.10. The molecule has 52 valence electrons. The minimum absolute atomic E-state index is 0.938. The average Bonchev–Trinajstić information content (AvgIpc) is 2.10. The fraction of sp³-hybridized carbons (Fsp3) is 0.250. The first kappa shape index (κ1) is 9.08. The highest BCUT2D eigenvalue weighted by Gasteiger charge is 1.77. The van der Waals surface area contributed by atoms with Crippen molar-refractivity contribution < 1.29 is 0 Å². The molecule has 0 aliphatic rings. The van der Waals surface area contributed by atoms with Gasteiger partial charge in [-0.15, -0.1) is 0 Å². The van der Waals surface area contributed by atoms with E-state index in [1.165, 1.54) is 0 Å². The lowest BCUT2D eigenvalue weighted by molar-refractivity contribution is 1.50. The summed E-state index contributed by atoms with van der Waals surface area (Å²) in [5.41, 5.74) is 0.938. The average molecular weight is 133 g/mol. The Morgan fingerprint density at radius 3 is 1.90 bits per heavy atom. The first-order chi connectivity index (χ1) is 4.93. The molecule has 1 nitrogen and oxygen atoms in total. The van der Waals surface area contributed by atoms with Gasteiger partial charge in [-0.2, -0.15) is 0 Å². The fourth-order valence-corrected chi connectivity index (χ4v) is 0.534. The van der Waals surface area contributed by atoms with Crippen molar-refractivity contribution in [3.8, 4) is 0 Å². The van der Waals surface area contributed by atoms with Crippen LogP contribution < -0.4 is 5.23 Å². The number of nitrogens with one attached hydrogen (secondary N) is 1. The van der Waals surface area contributed by atoms with E-state index < -0.39 is 0 Å². The normalized spacial score (nSPS) is 7.40. The first-order valence-electron chi connectivity index (χ1n) is 3.45. The minimum Gasteiger partial charge on any atom is -0.437 e. The van der Waals surface area contributed by atoms with Crippen LogP contribution in [0.1, 0.15) is 13.8 Å². The SMILES string of the molecule is CC.[B]Nc1ccccc1. The smallest absolute Gasteiger partial charge is 0.222 e. The second kappa shape index (κ2) is 6.21. The molecule has 0 amide bonds. The number of hydrogen-bond donors (Lipinski definition) is 1. The second-order valence-electron chi connectivity index (χ2n) is 1.51. The van der Waals surface area contributed by atoms with Gasteiger partial charge in [-0.3, -0.25) is 0 Å². The van der Waals surface area contributed by atoms with Crippen molar-refractivity contribution in [3.05, 3.63) is 30.3 Å². The topological polar surface area (TPSA) is 12.0 Å². The molecular weight excluding hydrogens is 121 g/mol. The number of rotatable bonds is 1. The van der Waals surface area contributed by atoms with Gasteiger partial charge in [0.15, 0.2) is 0 Å². The van der Waals surface area contributed by atoms with Crippen molar-refractivity contribution >= 4 is 13.7 Å². The van der Waals surface area contributed by atoms with Gasteiger partial charge < -0.3 is 5.23 Å². The molecule has 0 saturated heterocycles. The number of benzene rings is 1. The molecule has 1 aromatic carbocycles. The molecule has 0 atom stereocenters. The molecule has 0 heterocycles. The highest BCUT2D eigenvalue weighted by molar-refractivity contribution is 6.15. The molecule has 0 unspecified atom stereocenters. The molecule has 0 aliphatic heterocycles. The Labute approximate surface area is 63.9 Å². The van der Waals surface area contributed by atoms with E-state index in [2.05, 4.69) is 5.23 Å². The molecule has 0 fully saturated rings. The van der Waals surface area contributed by atoms with Crippen LogP contribution in [0, 0.1) is 0 Å². The molecule has 0 spiro atoms. The lowest BCUT2D eigenvalue weighted by atomic mass is 10.3.